The number of aliphatic hydroxyl groups excluding tert-OH is 1. The molecule has 5 aliphatic rings. The van der Waals surface area contributed by atoms with E-state index in [-0.39, 0.29) is 42.3 Å². The SMILES string of the molecule is Cc1ccccc1-c1cc(N2CCC3(CC2)CN(CCOC2CC4(CCN(CCOc5cc(C(C(=O)N6C[C@H](O)C[C@H]6C(=O)N[C@@H](C)c6ccc(-c7scnc7C)cc6)C(C)C)on5)CC4)C2)CCO3)c(N)nn1. The lowest BCUT2D eigenvalue weighted by Gasteiger charge is -2.52. The van der Waals surface area contributed by atoms with E-state index < -0.39 is 18.1 Å². The molecule has 1 aliphatic carbocycles. The second-order valence-electron chi connectivity index (χ2n) is 22.0. The van der Waals surface area contributed by atoms with Crippen LogP contribution in [0.1, 0.15) is 100 Å². The zero-order valence-corrected chi connectivity index (χ0v) is 44.5. The number of ether oxygens (including phenoxy) is 3. The average Bonchev–Trinajstić information content (AvgIpc) is 4.14. The molecular weight excluding hydrogens is 957 g/mol. The van der Waals surface area contributed by atoms with Gasteiger partial charge in [-0.1, -0.05) is 62.4 Å². The van der Waals surface area contributed by atoms with Gasteiger partial charge in [0.1, 0.15) is 18.6 Å². The number of aliphatic hydroxyl groups is 1. The van der Waals surface area contributed by atoms with Gasteiger partial charge in [-0.25, -0.2) is 4.98 Å². The number of hydrogen-bond donors (Lipinski definition) is 3. The second kappa shape index (κ2) is 22.4. The minimum Gasteiger partial charge on any atom is -0.474 e. The number of β-amino-alcohol motifs (C(OH)–C–C–N with tert-alkyl or cyclic N) is 1. The fourth-order valence-corrected chi connectivity index (χ4v) is 12.9. The van der Waals surface area contributed by atoms with Gasteiger partial charge in [-0.2, -0.15) is 0 Å². The lowest BCUT2D eigenvalue weighted by Crippen LogP contribution is -2.57. The number of nitrogens with zero attached hydrogens (tertiary/aromatic N) is 8. The van der Waals surface area contributed by atoms with E-state index in [4.69, 9.17) is 24.5 Å². The number of likely N-dealkylation sites (tertiary alicyclic amines) is 2. The largest absolute Gasteiger partial charge is 0.474 e. The number of aryl methyl sites for hydroxylation is 2. The van der Waals surface area contributed by atoms with Crippen LogP contribution in [0.15, 0.2) is 70.7 Å². The fraction of sp³-hybridized carbons (Fsp3) is 0.571. The monoisotopic (exact) mass is 1030 g/mol. The van der Waals surface area contributed by atoms with Crippen molar-refractivity contribution in [2.24, 2.45) is 11.3 Å². The number of nitrogen functional groups attached to an aromatic ring is 1. The number of morpholine rings is 1. The number of anilines is 2. The topological polar surface area (TPSA) is 198 Å². The van der Waals surface area contributed by atoms with Crippen LogP contribution in [0, 0.1) is 25.2 Å². The molecule has 74 heavy (non-hydrogen) atoms. The number of benzene rings is 2. The molecule has 396 valence electrons. The third-order valence-electron chi connectivity index (χ3n) is 16.6. The lowest BCUT2D eigenvalue weighted by molar-refractivity contribution is -0.141. The summed E-state index contributed by atoms with van der Waals surface area (Å²) in [6.07, 6.45) is 6.10. The number of piperidine rings is 2. The number of thiazole rings is 1. The molecule has 18 heteroatoms. The predicted molar refractivity (Wildman–Crippen MR) is 285 cm³/mol. The van der Waals surface area contributed by atoms with Crippen LogP contribution in [-0.4, -0.2) is 155 Å². The van der Waals surface area contributed by atoms with Crippen molar-refractivity contribution in [3.05, 3.63) is 88.8 Å². The van der Waals surface area contributed by atoms with Crippen LogP contribution < -0.4 is 20.7 Å². The molecular formula is C56H74N10O7S. The molecule has 7 heterocycles. The molecule has 4 atom stereocenters. The average molecular weight is 1030 g/mol. The van der Waals surface area contributed by atoms with Gasteiger partial charge in [-0.15, -0.1) is 21.5 Å². The molecule has 5 aromatic rings. The van der Waals surface area contributed by atoms with Gasteiger partial charge in [0.2, 0.25) is 11.8 Å². The van der Waals surface area contributed by atoms with Crippen molar-refractivity contribution in [1.29, 1.82) is 0 Å². The summed E-state index contributed by atoms with van der Waals surface area (Å²) in [7, 11) is 0. The molecule has 2 aromatic carbocycles. The highest BCUT2D eigenvalue weighted by Gasteiger charge is 2.47. The molecule has 0 radical (unpaired) electrons. The number of nitrogens with two attached hydrogens (primary N) is 1. The minimum absolute atomic E-state index is 0.0665. The summed E-state index contributed by atoms with van der Waals surface area (Å²) in [6.45, 7) is 19.2. The maximum Gasteiger partial charge on any atom is 0.254 e. The Balaban J connectivity index is 0.626. The first kappa shape index (κ1) is 52.0. The van der Waals surface area contributed by atoms with Crippen LogP contribution in [0.4, 0.5) is 11.5 Å². The number of rotatable bonds is 17. The Morgan fingerprint density at radius 1 is 0.932 bits per heavy atom. The molecule has 1 unspecified atom stereocenters. The Morgan fingerprint density at radius 3 is 2.42 bits per heavy atom. The van der Waals surface area contributed by atoms with Crippen LogP contribution in [-0.2, 0) is 19.1 Å². The van der Waals surface area contributed by atoms with Gasteiger partial charge in [-0.3, -0.25) is 19.4 Å². The molecule has 5 fully saturated rings. The third-order valence-corrected chi connectivity index (χ3v) is 17.6. The molecule has 2 spiro atoms. The van der Waals surface area contributed by atoms with Crippen molar-refractivity contribution in [3.63, 3.8) is 0 Å². The quantitative estimate of drug-likeness (QED) is 0.0857. The summed E-state index contributed by atoms with van der Waals surface area (Å²) in [5.74, 6) is -0.252. The molecule has 2 amide bonds. The molecule has 3 aromatic heterocycles. The summed E-state index contributed by atoms with van der Waals surface area (Å²) in [5.41, 5.74) is 15.5. The number of aromatic nitrogens is 4. The summed E-state index contributed by atoms with van der Waals surface area (Å²) in [5, 5.41) is 26.8. The molecule has 4 N–H and O–H groups in total. The Kier molecular flexibility index (Phi) is 15.7. The Hall–Kier alpha value is -5.50. The minimum atomic E-state index is -0.815. The highest BCUT2D eigenvalue weighted by molar-refractivity contribution is 7.13. The number of amides is 2. The first-order valence-corrected chi connectivity index (χ1v) is 27.7. The molecule has 17 nitrogen and oxygen atoms in total. The molecule has 4 aliphatic heterocycles. The zero-order chi connectivity index (χ0) is 51.6. The fourth-order valence-electron chi connectivity index (χ4n) is 12.1. The van der Waals surface area contributed by atoms with E-state index in [1.165, 1.54) is 4.90 Å². The Bertz CT molecular complexity index is 2710. The molecule has 1 saturated carbocycles. The predicted octanol–water partition coefficient (Wildman–Crippen LogP) is 7.04. The number of hydrogen-bond acceptors (Lipinski definition) is 16. The van der Waals surface area contributed by atoms with Crippen LogP contribution in [0.2, 0.25) is 0 Å². The van der Waals surface area contributed by atoms with Gasteiger partial charge in [0.05, 0.1) is 64.5 Å². The molecule has 4 saturated heterocycles. The van der Waals surface area contributed by atoms with Crippen molar-refractivity contribution in [3.8, 4) is 27.6 Å². The van der Waals surface area contributed by atoms with Gasteiger partial charge in [0.15, 0.2) is 11.6 Å². The molecule has 10 rings (SSSR count). The maximum atomic E-state index is 14.3. The van der Waals surface area contributed by atoms with E-state index in [0.29, 0.717) is 35.6 Å². The highest BCUT2D eigenvalue weighted by atomic mass is 32.1. The summed E-state index contributed by atoms with van der Waals surface area (Å²) in [6, 6.07) is 19.0. The molecule has 0 bridgehead atoms. The standard InChI is InChI=1S/C56H74N10O7S/c1-36(2)50(54(69)66-33-42(67)28-47(66)53(68)59-38(4)40-10-12-41(13-11-40)51-39(5)58-35-74-51)48-30-49(62-73-48)71-26-22-63-18-14-55(15-19-63)31-43(32-55)70-25-23-64-24-27-72-56(34-64)16-20-65(21-17-56)46-29-45(60-61-52(46)57)44-9-7-6-8-37(44)3/h6-13,29-30,35-36,38,42-43,47,50,67H,14-28,31-34H2,1-5H3,(H2,57,61)(H,59,68)/t38-,42+,47-,50?/m0/s1. The number of nitrogens with one attached hydrogen (secondary N) is 1. The Labute approximate surface area is 439 Å². The number of carbonyl (C=O) groups is 2. The third kappa shape index (κ3) is 11.5. The van der Waals surface area contributed by atoms with Gasteiger partial charge < -0.3 is 44.7 Å². The van der Waals surface area contributed by atoms with E-state index in [1.54, 1.807) is 17.4 Å². The van der Waals surface area contributed by atoms with Crippen molar-refractivity contribution in [2.45, 2.75) is 115 Å². The van der Waals surface area contributed by atoms with E-state index in [2.05, 4.69) is 65.5 Å². The zero-order valence-electron chi connectivity index (χ0n) is 43.7. The summed E-state index contributed by atoms with van der Waals surface area (Å²) >= 11 is 1.60. The van der Waals surface area contributed by atoms with E-state index in [0.717, 1.165) is 148 Å². The normalized spacial score (nSPS) is 22.0. The van der Waals surface area contributed by atoms with E-state index in [1.807, 2.05) is 69.6 Å². The van der Waals surface area contributed by atoms with Crippen molar-refractivity contribution >= 4 is 34.7 Å². The smallest absolute Gasteiger partial charge is 0.254 e. The van der Waals surface area contributed by atoms with Crippen LogP contribution in [0.3, 0.4) is 0 Å². The van der Waals surface area contributed by atoms with Gasteiger partial charge in [0, 0.05) is 63.9 Å². The van der Waals surface area contributed by atoms with Crippen LogP contribution in [0.5, 0.6) is 5.88 Å². The first-order chi connectivity index (χ1) is 35.7. The lowest BCUT2D eigenvalue weighted by atomic mass is 9.61. The van der Waals surface area contributed by atoms with Crippen molar-refractivity contribution in [2.75, 3.05) is 89.4 Å². The van der Waals surface area contributed by atoms with E-state index in [9.17, 15) is 14.7 Å². The van der Waals surface area contributed by atoms with Crippen molar-refractivity contribution < 1.29 is 33.4 Å². The number of carbonyl (C=O) groups excluding carboxylic acids is 2. The summed E-state index contributed by atoms with van der Waals surface area (Å²) < 4.78 is 24.8. The second-order valence-corrected chi connectivity index (χ2v) is 22.9. The van der Waals surface area contributed by atoms with Gasteiger partial charge in [-0.05, 0) is 112 Å². The Morgan fingerprint density at radius 2 is 1.69 bits per heavy atom. The summed E-state index contributed by atoms with van der Waals surface area (Å²) in [4.78, 5) is 42.3. The van der Waals surface area contributed by atoms with Crippen molar-refractivity contribution in [1.82, 2.24) is 40.4 Å². The van der Waals surface area contributed by atoms with Gasteiger partial charge >= 0.3 is 0 Å². The van der Waals surface area contributed by atoms with Gasteiger partial charge in [0.25, 0.3) is 5.88 Å². The van der Waals surface area contributed by atoms with E-state index >= 15 is 0 Å². The van der Waals surface area contributed by atoms with Crippen LogP contribution in [0.25, 0.3) is 21.7 Å². The highest BCUT2D eigenvalue weighted by Crippen LogP contribution is 2.50. The maximum absolute atomic E-state index is 14.3. The first-order valence-electron chi connectivity index (χ1n) is 26.8. The van der Waals surface area contributed by atoms with Crippen LogP contribution >= 0.6 is 11.3 Å².